The predicted octanol–water partition coefficient (Wildman–Crippen LogP) is 1.95. The van der Waals surface area contributed by atoms with E-state index in [0.29, 0.717) is 31.9 Å². The molecule has 7 heteroatoms. The van der Waals surface area contributed by atoms with Crippen molar-refractivity contribution in [2.75, 3.05) is 47.1 Å². The Morgan fingerprint density at radius 3 is 2.21 bits per heavy atom. The monoisotopic (exact) mass is 390 g/mol. The molecule has 2 heterocycles. The van der Waals surface area contributed by atoms with Gasteiger partial charge in [-0.05, 0) is 49.9 Å². The van der Waals surface area contributed by atoms with Gasteiger partial charge in [0.25, 0.3) is 5.91 Å². The van der Waals surface area contributed by atoms with Crippen molar-refractivity contribution in [2.45, 2.75) is 37.8 Å². The van der Waals surface area contributed by atoms with Gasteiger partial charge in [0.05, 0.1) is 7.11 Å². The topological polar surface area (TPSA) is 68.3 Å². The zero-order valence-electron chi connectivity index (χ0n) is 16.8. The molecule has 154 valence electrons. The average Bonchev–Trinajstić information content (AvgIpc) is 2.75. The fraction of sp³-hybridized carbons (Fsp3) is 0.619. The maximum absolute atomic E-state index is 12.8. The first-order chi connectivity index (χ1) is 13.6. The van der Waals surface area contributed by atoms with E-state index in [1.54, 1.807) is 38.5 Å². The zero-order valence-corrected chi connectivity index (χ0v) is 16.8. The van der Waals surface area contributed by atoms with Crippen molar-refractivity contribution >= 4 is 11.8 Å². The lowest BCUT2D eigenvalue weighted by atomic mass is 9.97. The highest BCUT2D eigenvalue weighted by atomic mass is 16.5. The molecule has 2 aliphatic rings. The lowest BCUT2D eigenvalue weighted by Crippen LogP contribution is -2.54. The van der Waals surface area contributed by atoms with E-state index in [1.807, 2.05) is 9.80 Å². The van der Waals surface area contributed by atoms with E-state index in [4.69, 9.17) is 14.2 Å². The minimum atomic E-state index is 0.0296. The summed E-state index contributed by atoms with van der Waals surface area (Å²) in [4.78, 5) is 29.4. The molecule has 0 aromatic heterocycles. The summed E-state index contributed by atoms with van der Waals surface area (Å²) in [6.07, 6.45) is 3.30. The molecule has 28 heavy (non-hydrogen) atoms. The fourth-order valence-electron chi connectivity index (χ4n) is 4.13. The number of likely N-dealkylation sites (tertiary alicyclic amines) is 1. The van der Waals surface area contributed by atoms with Gasteiger partial charge in [0.15, 0.2) is 0 Å². The van der Waals surface area contributed by atoms with Crippen molar-refractivity contribution < 1.29 is 23.8 Å². The first kappa shape index (κ1) is 20.6. The largest absolute Gasteiger partial charge is 0.497 e. The maximum atomic E-state index is 12.8. The molecule has 0 spiro atoms. The smallest absolute Gasteiger partial charge is 0.253 e. The van der Waals surface area contributed by atoms with E-state index < -0.39 is 0 Å². The lowest BCUT2D eigenvalue weighted by Gasteiger charge is -2.43. The van der Waals surface area contributed by atoms with E-state index in [-0.39, 0.29) is 30.5 Å². The summed E-state index contributed by atoms with van der Waals surface area (Å²) < 4.78 is 15.7. The van der Waals surface area contributed by atoms with E-state index in [9.17, 15) is 9.59 Å². The lowest BCUT2D eigenvalue weighted by molar-refractivity contribution is -0.143. The number of nitrogens with zero attached hydrogens (tertiary/aromatic N) is 2. The van der Waals surface area contributed by atoms with E-state index in [2.05, 4.69) is 0 Å². The van der Waals surface area contributed by atoms with Gasteiger partial charge >= 0.3 is 0 Å². The summed E-state index contributed by atoms with van der Waals surface area (Å²) in [6, 6.07) is 7.54. The van der Waals surface area contributed by atoms with Crippen LogP contribution in [0.3, 0.4) is 0 Å². The Morgan fingerprint density at radius 1 is 1.04 bits per heavy atom. The van der Waals surface area contributed by atoms with Crippen molar-refractivity contribution in [3.8, 4) is 5.75 Å². The highest BCUT2D eigenvalue weighted by Crippen LogP contribution is 2.25. The number of hydrogen-bond acceptors (Lipinski definition) is 5. The van der Waals surface area contributed by atoms with Crippen LogP contribution >= 0.6 is 0 Å². The molecular weight excluding hydrogens is 360 g/mol. The molecule has 2 amide bonds. The summed E-state index contributed by atoms with van der Waals surface area (Å²) in [5.41, 5.74) is 0.663. The molecule has 0 radical (unpaired) electrons. The van der Waals surface area contributed by atoms with Crippen LogP contribution < -0.4 is 4.74 Å². The second-order valence-electron chi connectivity index (χ2n) is 7.33. The number of amides is 2. The van der Waals surface area contributed by atoms with Gasteiger partial charge in [-0.15, -0.1) is 0 Å². The Hall–Kier alpha value is -2.12. The Balaban J connectivity index is 1.62. The molecule has 2 saturated heterocycles. The maximum Gasteiger partial charge on any atom is 0.253 e. The third-order valence-corrected chi connectivity index (χ3v) is 5.62. The number of hydrogen-bond donors (Lipinski definition) is 0. The fourth-order valence-corrected chi connectivity index (χ4v) is 4.13. The molecule has 2 fully saturated rings. The summed E-state index contributed by atoms with van der Waals surface area (Å²) in [5.74, 6) is 0.801. The third-order valence-electron chi connectivity index (χ3n) is 5.62. The minimum Gasteiger partial charge on any atom is -0.497 e. The molecule has 0 N–H and O–H groups in total. The number of ether oxygens (including phenoxy) is 3. The first-order valence-electron chi connectivity index (χ1n) is 9.95. The Labute approximate surface area is 166 Å². The van der Waals surface area contributed by atoms with Crippen LogP contribution in [0.15, 0.2) is 24.3 Å². The van der Waals surface area contributed by atoms with Crippen LogP contribution in [0.25, 0.3) is 0 Å². The Kier molecular flexibility index (Phi) is 7.28. The van der Waals surface area contributed by atoms with E-state index in [0.717, 1.165) is 31.4 Å². The number of carbonyl (C=O) groups excluding carboxylic acids is 2. The highest BCUT2D eigenvalue weighted by molar-refractivity contribution is 5.94. The summed E-state index contributed by atoms with van der Waals surface area (Å²) in [6.45, 7) is 2.78. The van der Waals surface area contributed by atoms with Crippen molar-refractivity contribution in [1.82, 2.24) is 9.80 Å². The van der Waals surface area contributed by atoms with Crippen LogP contribution in [0.1, 0.15) is 36.0 Å². The second kappa shape index (κ2) is 9.89. The Morgan fingerprint density at radius 2 is 1.64 bits per heavy atom. The van der Waals surface area contributed by atoms with Crippen molar-refractivity contribution in [2.24, 2.45) is 0 Å². The predicted molar refractivity (Wildman–Crippen MR) is 104 cm³/mol. The van der Waals surface area contributed by atoms with Gasteiger partial charge < -0.3 is 24.0 Å². The average molecular weight is 390 g/mol. The number of carbonyl (C=O) groups is 2. The van der Waals surface area contributed by atoms with E-state index in [1.165, 1.54) is 0 Å². The molecule has 0 bridgehead atoms. The van der Waals surface area contributed by atoms with Crippen LogP contribution in [-0.4, -0.2) is 80.8 Å². The zero-order chi connectivity index (χ0) is 19.9. The Bertz CT molecular complexity index is 649. The molecule has 3 rings (SSSR count). The van der Waals surface area contributed by atoms with E-state index >= 15 is 0 Å². The van der Waals surface area contributed by atoms with Gasteiger partial charge in [-0.3, -0.25) is 9.59 Å². The van der Waals surface area contributed by atoms with Crippen LogP contribution in [0.4, 0.5) is 0 Å². The molecule has 0 atom stereocenters. The number of rotatable bonds is 6. The van der Waals surface area contributed by atoms with Crippen molar-refractivity contribution in [3.05, 3.63) is 29.8 Å². The van der Waals surface area contributed by atoms with Crippen LogP contribution in [0, 0.1) is 0 Å². The molecule has 1 aromatic carbocycles. The van der Waals surface area contributed by atoms with Crippen LogP contribution in [-0.2, 0) is 14.3 Å². The van der Waals surface area contributed by atoms with Crippen molar-refractivity contribution in [1.29, 1.82) is 0 Å². The molecule has 0 saturated carbocycles. The van der Waals surface area contributed by atoms with Crippen LogP contribution in [0.5, 0.6) is 5.75 Å². The molecule has 7 nitrogen and oxygen atoms in total. The normalized spacial score (nSPS) is 18.7. The summed E-state index contributed by atoms with van der Waals surface area (Å²) in [5, 5.41) is 0. The SMILES string of the molecule is COCC(=O)N(C1CCOCC1)C1CCN(C(=O)c2ccc(OC)cc2)CC1. The molecule has 2 aliphatic heterocycles. The highest BCUT2D eigenvalue weighted by Gasteiger charge is 2.34. The van der Waals surface area contributed by atoms with Gasteiger partial charge in [-0.1, -0.05) is 0 Å². The van der Waals surface area contributed by atoms with Gasteiger partial charge in [-0.2, -0.15) is 0 Å². The van der Waals surface area contributed by atoms with Crippen LogP contribution in [0.2, 0.25) is 0 Å². The second-order valence-corrected chi connectivity index (χ2v) is 7.33. The number of benzene rings is 1. The number of piperidine rings is 1. The molecular formula is C21H30N2O5. The van der Waals surface area contributed by atoms with Gasteiger partial charge in [0.2, 0.25) is 5.91 Å². The van der Waals surface area contributed by atoms with Crippen molar-refractivity contribution in [3.63, 3.8) is 0 Å². The van der Waals surface area contributed by atoms with Gasteiger partial charge in [0, 0.05) is 51.1 Å². The quantitative estimate of drug-likeness (QED) is 0.743. The van der Waals surface area contributed by atoms with Gasteiger partial charge in [0.1, 0.15) is 12.4 Å². The molecule has 0 aliphatic carbocycles. The van der Waals surface area contributed by atoms with Gasteiger partial charge in [-0.25, -0.2) is 0 Å². The molecule has 0 unspecified atom stereocenters. The summed E-state index contributed by atoms with van der Waals surface area (Å²) in [7, 11) is 3.16. The first-order valence-corrected chi connectivity index (χ1v) is 9.95. The summed E-state index contributed by atoms with van der Waals surface area (Å²) >= 11 is 0. The third kappa shape index (κ3) is 4.83. The standard InChI is InChI=1S/C21H30N2O5/c1-26-15-20(24)23(18-9-13-28-14-10-18)17-7-11-22(12-8-17)21(25)16-3-5-19(27-2)6-4-16/h3-6,17-18H,7-15H2,1-2H3. The number of methoxy groups -OCH3 is 2. The minimum absolute atomic E-state index is 0.0296. The molecule has 1 aromatic rings.